The fraction of sp³-hybridized carbons (Fsp3) is 1.00. The lowest BCUT2D eigenvalue weighted by atomic mass is 9.79. The summed E-state index contributed by atoms with van der Waals surface area (Å²) in [6.07, 6.45) is 11.9. The molecule has 0 radical (unpaired) electrons. The van der Waals surface area contributed by atoms with Crippen molar-refractivity contribution in [2.45, 2.75) is 76.8 Å². The fourth-order valence-electron chi connectivity index (χ4n) is 3.78. The number of hydrogen-bond acceptors (Lipinski definition) is 0. The van der Waals surface area contributed by atoms with Crippen LogP contribution in [0.1, 0.15) is 70.6 Å². The highest BCUT2D eigenvalue weighted by Gasteiger charge is 2.23. The maximum atomic E-state index is 13.0. The molecule has 0 aromatic rings. The van der Waals surface area contributed by atoms with Crippen LogP contribution in [-0.4, -0.2) is 12.8 Å². The highest BCUT2D eigenvalue weighted by atomic mass is 19.1. The van der Waals surface area contributed by atoms with Crippen molar-refractivity contribution in [3.8, 4) is 0 Å². The van der Waals surface area contributed by atoms with Crippen LogP contribution in [0.3, 0.4) is 0 Å². The maximum Gasteiger partial charge on any atom is 0.100 e. The summed E-state index contributed by atoms with van der Waals surface area (Å²) in [5.41, 5.74) is 0. The van der Waals surface area contributed by atoms with Gasteiger partial charge in [0.05, 0.1) is 6.67 Å². The van der Waals surface area contributed by atoms with Crippen molar-refractivity contribution in [1.29, 1.82) is 0 Å². The zero-order valence-electron chi connectivity index (χ0n) is 11.6. The summed E-state index contributed by atoms with van der Waals surface area (Å²) in [5, 5.41) is 0. The van der Waals surface area contributed by atoms with Crippen LogP contribution >= 0.6 is 0 Å². The second-order valence-corrected chi connectivity index (χ2v) is 6.59. The van der Waals surface area contributed by atoms with E-state index in [-0.39, 0.29) is 6.67 Å². The van der Waals surface area contributed by atoms with E-state index in [4.69, 9.17) is 0 Å². The average Bonchev–Trinajstić information content (AvgIpc) is 2.42. The molecule has 106 valence electrons. The van der Waals surface area contributed by atoms with Gasteiger partial charge in [-0.3, -0.25) is 4.39 Å². The van der Waals surface area contributed by atoms with Gasteiger partial charge in [-0.15, -0.1) is 0 Å². The fourth-order valence-corrected chi connectivity index (χ4v) is 3.78. The van der Waals surface area contributed by atoms with Crippen LogP contribution in [0, 0.1) is 17.8 Å². The van der Waals surface area contributed by atoms with Crippen molar-refractivity contribution in [2.24, 2.45) is 17.8 Å². The largest absolute Gasteiger partial charge is 0.251 e. The Balaban J connectivity index is 1.53. The SMILES string of the molecule is FCC1CCC(CCCC2CCC(F)CC2)CC1. The third-order valence-electron chi connectivity index (χ3n) is 5.19. The predicted molar refractivity (Wildman–Crippen MR) is 72.1 cm³/mol. The van der Waals surface area contributed by atoms with Crippen molar-refractivity contribution in [3.63, 3.8) is 0 Å². The highest BCUT2D eigenvalue weighted by Crippen LogP contribution is 2.34. The first kappa shape index (κ1) is 14.3. The molecule has 0 N–H and O–H groups in total. The van der Waals surface area contributed by atoms with E-state index in [2.05, 4.69) is 0 Å². The molecule has 2 aliphatic rings. The van der Waals surface area contributed by atoms with Crippen molar-refractivity contribution in [1.82, 2.24) is 0 Å². The van der Waals surface area contributed by atoms with E-state index in [1.165, 1.54) is 32.1 Å². The lowest BCUT2D eigenvalue weighted by Gasteiger charge is -2.28. The molecule has 2 saturated carbocycles. The Morgan fingerprint density at radius 1 is 0.667 bits per heavy atom. The van der Waals surface area contributed by atoms with Gasteiger partial charge in [-0.1, -0.05) is 32.1 Å². The Morgan fingerprint density at radius 2 is 1.11 bits per heavy atom. The molecule has 2 heteroatoms. The second-order valence-electron chi connectivity index (χ2n) is 6.59. The van der Waals surface area contributed by atoms with Crippen LogP contribution in [0.4, 0.5) is 8.78 Å². The van der Waals surface area contributed by atoms with Gasteiger partial charge in [0.15, 0.2) is 0 Å². The van der Waals surface area contributed by atoms with Gasteiger partial charge in [0, 0.05) is 0 Å². The molecular formula is C16H28F2. The van der Waals surface area contributed by atoms with Gasteiger partial charge in [0.2, 0.25) is 0 Å². The van der Waals surface area contributed by atoms with Crippen molar-refractivity contribution >= 4 is 0 Å². The molecule has 0 amide bonds. The van der Waals surface area contributed by atoms with Gasteiger partial charge >= 0.3 is 0 Å². The van der Waals surface area contributed by atoms with E-state index in [0.29, 0.717) is 5.92 Å². The maximum absolute atomic E-state index is 13.0. The first-order valence-corrected chi connectivity index (χ1v) is 7.98. The minimum absolute atomic E-state index is 0.112. The number of alkyl halides is 2. The molecule has 0 nitrogen and oxygen atoms in total. The first-order valence-electron chi connectivity index (χ1n) is 7.98. The molecule has 18 heavy (non-hydrogen) atoms. The Kier molecular flexibility index (Phi) is 5.91. The third kappa shape index (κ3) is 4.51. The zero-order valence-corrected chi connectivity index (χ0v) is 11.6. The average molecular weight is 258 g/mol. The Bertz CT molecular complexity index is 213. The quantitative estimate of drug-likeness (QED) is 0.614. The topological polar surface area (TPSA) is 0 Å². The molecule has 2 fully saturated rings. The zero-order chi connectivity index (χ0) is 12.8. The summed E-state index contributed by atoms with van der Waals surface area (Å²) in [6.45, 7) is -0.112. The molecule has 0 aromatic carbocycles. The molecule has 0 unspecified atom stereocenters. The van der Waals surface area contributed by atoms with Crippen molar-refractivity contribution < 1.29 is 8.78 Å². The highest BCUT2D eigenvalue weighted by molar-refractivity contribution is 4.75. The van der Waals surface area contributed by atoms with Crippen molar-refractivity contribution in [2.75, 3.05) is 6.67 Å². The Hall–Kier alpha value is -0.140. The van der Waals surface area contributed by atoms with Gasteiger partial charge in [0.1, 0.15) is 6.17 Å². The van der Waals surface area contributed by atoms with Crippen LogP contribution in [0.25, 0.3) is 0 Å². The van der Waals surface area contributed by atoms with Crippen LogP contribution in [0.15, 0.2) is 0 Å². The van der Waals surface area contributed by atoms with E-state index in [9.17, 15) is 8.78 Å². The molecule has 0 aliphatic heterocycles. The lowest BCUT2D eigenvalue weighted by Crippen LogP contribution is -2.17. The van der Waals surface area contributed by atoms with E-state index in [1.807, 2.05) is 0 Å². The smallest absolute Gasteiger partial charge is 0.100 e. The summed E-state index contributed by atoms with van der Waals surface area (Å²) in [7, 11) is 0. The standard InChI is InChI=1S/C16H28F2/c17-12-15-6-4-13(5-7-15)2-1-3-14-8-10-16(18)11-9-14/h13-16H,1-12H2. The molecule has 2 rings (SSSR count). The van der Waals surface area contributed by atoms with Crippen molar-refractivity contribution in [3.05, 3.63) is 0 Å². The summed E-state index contributed by atoms with van der Waals surface area (Å²) in [5.74, 6) is 2.01. The van der Waals surface area contributed by atoms with E-state index in [0.717, 1.165) is 50.4 Å². The molecule has 0 aromatic heterocycles. The molecule has 2 aliphatic carbocycles. The van der Waals surface area contributed by atoms with Gasteiger partial charge in [-0.05, 0) is 56.3 Å². The van der Waals surface area contributed by atoms with Crippen LogP contribution in [0.2, 0.25) is 0 Å². The predicted octanol–water partition coefficient (Wildman–Crippen LogP) is 5.46. The third-order valence-corrected chi connectivity index (χ3v) is 5.19. The summed E-state index contributed by atoms with van der Waals surface area (Å²) < 4.78 is 25.5. The Morgan fingerprint density at radius 3 is 1.61 bits per heavy atom. The van der Waals surface area contributed by atoms with Gasteiger partial charge < -0.3 is 0 Å². The van der Waals surface area contributed by atoms with Crippen LogP contribution < -0.4 is 0 Å². The minimum Gasteiger partial charge on any atom is -0.251 e. The van der Waals surface area contributed by atoms with Gasteiger partial charge in [-0.25, -0.2) is 4.39 Å². The Labute approximate surface area is 111 Å². The first-order chi connectivity index (χ1) is 8.78. The molecule has 0 spiro atoms. The number of hydrogen-bond donors (Lipinski definition) is 0. The van der Waals surface area contributed by atoms with Crippen LogP contribution in [0.5, 0.6) is 0 Å². The summed E-state index contributed by atoms with van der Waals surface area (Å²) in [4.78, 5) is 0. The van der Waals surface area contributed by atoms with Crippen LogP contribution in [-0.2, 0) is 0 Å². The minimum atomic E-state index is -0.516. The normalized spacial score (nSPS) is 37.7. The van der Waals surface area contributed by atoms with Gasteiger partial charge in [-0.2, -0.15) is 0 Å². The molecule has 0 heterocycles. The second kappa shape index (κ2) is 7.45. The molecule has 0 bridgehead atoms. The lowest BCUT2D eigenvalue weighted by molar-refractivity contribution is 0.190. The molecular weight excluding hydrogens is 230 g/mol. The monoisotopic (exact) mass is 258 g/mol. The van der Waals surface area contributed by atoms with E-state index in [1.54, 1.807) is 0 Å². The van der Waals surface area contributed by atoms with Gasteiger partial charge in [0.25, 0.3) is 0 Å². The van der Waals surface area contributed by atoms with E-state index >= 15 is 0 Å². The number of halogens is 2. The molecule has 0 saturated heterocycles. The van der Waals surface area contributed by atoms with E-state index < -0.39 is 6.17 Å². The number of rotatable bonds is 5. The summed E-state index contributed by atoms with van der Waals surface area (Å²) >= 11 is 0. The molecule has 0 atom stereocenters. The summed E-state index contributed by atoms with van der Waals surface area (Å²) in [6, 6.07) is 0.